The van der Waals surface area contributed by atoms with Gasteiger partial charge in [-0.15, -0.1) is 0 Å². The lowest BCUT2D eigenvalue weighted by molar-refractivity contribution is -0.120. The van der Waals surface area contributed by atoms with Crippen LogP contribution in [0.15, 0.2) is 12.2 Å². The molecule has 0 saturated heterocycles. The first-order valence-corrected chi connectivity index (χ1v) is 8.01. The van der Waals surface area contributed by atoms with Crippen molar-refractivity contribution in [2.45, 2.75) is 39.0 Å². The van der Waals surface area contributed by atoms with E-state index >= 15 is 0 Å². The van der Waals surface area contributed by atoms with E-state index in [0.29, 0.717) is 0 Å². The van der Waals surface area contributed by atoms with Gasteiger partial charge in [0.2, 0.25) is 15.9 Å². The fraction of sp³-hybridized carbons (Fsp3) is 0.750. The van der Waals surface area contributed by atoms with Crippen LogP contribution in [-0.2, 0) is 14.8 Å². The number of carbonyl (C=O) groups excluding carboxylic acids is 1. The van der Waals surface area contributed by atoms with Crippen molar-refractivity contribution in [3.05, 3.63) is 12.2 Å². The molecule has 0 bridgehead atoms. The molecule has 98 valence electrons. The van der Waals surface area contributed by atoms with E-state index in [4.69, 9.17) is 0 Å². The number of unbranched alkanes of at least 4 members (excludes halogenated alkanes) is 3. The summed E-state index contributed by atoms with van der Waals surface area (Å²) in [5.41, 5.74) is 0. The first-order chi connectivity index (χ1) is 7.94. The van der Waals surface area contributed by atoms with Gasteiger partial charge in [0.15, 0.2) is 0 Å². The normalized spacial score (nSPS) is 23.9. The molecule has 0 aromatic heterocycles. The number of rotatable bonds is 7. The number of hydrogen-bond donors (Lipinski definition) is 1. The van der Waals surface area contributed by atoms with Crippen molar-refractivity contribution in [1.29, 1.82) is 0 Å². The lowest BCUT2D eigenvalue weighted by Gasteiger charge is -1.99. The van der Waals surface area contributed by atoms with Gasteiger partial charge >= 0.3 is 0 Å². The van der Waals surface area contributed by atoms with Gasteiger partial charge in [0.05, 0.1) is 6.26 Å². The number of sulfonamides is 1. The third-order valence-electron chi connectivity index (χ3n) is 2.82. The maximum atomic E-state index is 11.4. The predicted molar refractivity (Wildman–Crippen MR) is 67.9 cm³/mol. The van der Waals surface area contributed by atoms with Gasteiger partial charge in [0, 0.05) is 5.92 Å². The molecule has 0 aliphatic heterocycles. The first-order valence-electron chi connectivity index (χ1n) is 6.12. The van der Waals surface area contributed by atoms with E-state index in [2.05, 4.69) is 13.0 Å². The molecule has 2 atom stereocenters. The van der Waals surface area contributed by atoms with Crippen molar-refractivity contribution in [2.24, 2.45) is 11.8 Å². The highest BCUT2D eigenvalue weighted by atomic mass is 32.2. The summed E-state index contributed by atoms with van der Waals surface area (Å²) >= 11 is 0. The fourth-order valence-corrected chi connectivity index (χ4v) is 2.29. The lowest BCUT2D eigenvalue weighted by Crippen LogP contribution is -2.30. The fourth-order valence-electron chi connectivity index (χ4n) is 1.77. The quantitative estimate of drug-likeness (QED) is 0.560. The monoisotopic (exact) mass is 259 g/mol. The Kier molecular flexibility index (Phi) is 5.18. The van der Waals surface area contributed by atoms with Crippen LogP contribution in [0, 0.1) is 11.8 Å². The highest BCUT2D eigenvalue weighted by molar-refractivity contribution is 7.89. The van der Waals surface area contributed by atoms with Crippen LogP contribution in [0.4, 0.5) is 0 Å². The zero-order valence-corrected chi connectivity index (χ0v) is 11.3. The van der Waals surface area contributed by atoms with Gasteiger partial charge in [-0.2, -0.15) is 0 Å². The average molecular weight is 259 g/mol. The van der Waals surface area contributed by atoms with E-state index < -0.39 is 10.0 Å². The molecule has 0 spiro atoms. The second-order valence-electron chi connectivity index (χ2n) is 4.67. The van der Waals surface area contributed by atoms with Crippen LogP contribution in [0.1, 0.15) is 39.0 Å². The molecule has 0 aromatic rings. The Labute approximate surface area is 104 Å². The van der Waals surface area contributed by atoms with Crippen molar-refractivity contribution >= 4 is 15.9 Å². The Bertz CT molecular complexity index is 387. The van der Waals surface area contributed by atoms with Crippen LogP contribution in [0.3, 0.4) is 0 Å². The number of hydrogen-bond acceptors (Lipinski definition) is 3. The first kappa shape index (κ1) is 14.2. The number of amides is 1. The molecule has 5 heteroatoms. The second-order valence-corrected chi connectivity index (χ2v) is 6.42. The van der Waals surface area contributed by atoms with Gasteiger partial charge in [0.1, 0.15) is 0 Å². The molecule has 1 aliphatic carbocycles. The Hall–Kier alpha value is -0.840. The van der Waals surface area contributed by atoms with E-state index in [0.717, 1.165) is 19.1 Å². The standard InChI is InChI=1S/C12H21NO3S/c1-3-4-5-6-7-8-10-9-11(10)12(14)13-17(2,15)16/h7-8,10-11H,3-6,9H2,1-2H3,(H,13,14)/b8-7-. The molecular weight excluding hydrogens is 238 g/mol. The van der Waals surface area contributed by atoms with Crippen molar-refractivity contribution in [3.8, 4) is 0 Å². The van der Waals surface area contributed by atoms with Crippen LogP contribution in [0.5, 0.6) is 0 Å². The summed E-state index contributed by atoms with van der Waals surface area (Å²) in [7, 11) is -3.41. The van der Waals surface area contributed by atoms with E-state index in [1.165, 1.54) is 19.3 Å². The number of carbonyl (C=O) groups is 1. The van der Waals surface area contributed by atoms with E-state index in [1.807, 2.05) is 10.8 Å². The molecule has 1 amide bonds. The zero-order chi connectivity index (χ0) is 12.9. The van der Waals surface area contributed by atoms with Crippen LogP contribution in [-0.4, -0.2) is 20.6 Å². The largest absolute Gasteiger partial charge is 0.274 e. The minimum absolute atomic E-state index is 0.146. The van der Waals surface area contributed by atoms with Crippen LogP contribution in [0.2, 0.25) is 0 Å². The topological polar surface area (TPSA) is 63.2 Å². The summed E-state index contributed by atoms with van der Waals surface area (Å²) in [6, 6.07) is 0. The Morgan fingerprint density at radius 2 is 2.12 bits per heavy atom. The predicted octanol–water partition coefficient (Wildman–Crippen LogP) is 1.83. The molecule has 1 fully saturated rings. The van der Waals surface area contributed by atoms with Gasteiger partial charge in [-0.05, 0) is 25.2 Å². The number of allylic oxidation sites excluding steroid dienone is 2. The molecule has 1 aliphatic rings. The van der Waals surface area contributed by atoms with Crippen molar-refractivity contribution < 1.29 is 13.2 Å². The third kappa shape index (κ3) is 5.86. The molecule has 0 aromatic carbocycles. The summed E-state index contributed by atoms with van der Waals surface area (Å²) in [5.74, 6) is -0.277. The summed E-state index contributed by atoms with van der Waals surface area (Å²) in [6.07, 6.45) is 10.6. The van der Waals surface area contributed by atoms with Gasteiger partial charge in [0.25, 0.3) is 0 Å². The summed E-state index contributed by atoms with van der Waals surface area (Å²) in [5, 5.41) is 0. The molecule has 2 unspecified atom stereocenters. The van der Waals surface area contributed by atoms with Crippen LogP contribution in [0.25, 0.3) is 0 Å². The average Bonchev–Trinajstić information content (AvgIpc) is 2.94. The lowest BCUT2D eigenvalue weighted by atomic mass is 10.2. The molecule has 1 rings (SSSR count). The summed E-state index contributed by atoms with van der Waals surface area (Å²) < 4.78 is 23.7. The molecule has 0 radical (unpaired) electrons. The zero-order valence-electron chi connectivity index (χ0n) is 10.5. The van der Waals surface area contributed by atoms with Gasteiger partial charge < -0.3 is 0 Å². The highest BCUT2D eigenvalue weighted by Crippen LogP contribution is 2.39. The Morgan fingerprint density at radius 3 is 2.71 bits per heavy atom. The molecule has 1 saturated carbocycles. The minimum atomic E-state index is -3.41. The van der Waals surface area contributed by atoms with Crippen molar-refractivity contribution in [2.75, 3.05) is 6.26 Å². The van der Waals surface area contributed by atoms with Crippen molar-refractivity contribution in [1.82, 2.24) is 4.72 Å². The summed E-state index contributed by atoms with van der Waals surface area (Å²) in [4.78, 5) is 11.4. The van der Waals surface area contributed by atoms with Crippen LogP contribution < -0.4 is 4.72 Å². The SMILES string of the molecule is CCCCC/C=C\C1CC1C(=O)NS(C)(=O)=O. The Balaban J connectivity index is 2.22. The van der Waals surface area contributed by atoms with Crippen LogP contribution >= 0.6 is 0 Å². The van der Waals surface area contributed by atoms with Crippen molar-refractivity contribution in [3.63, 3.8) is 0 Å². The Morgan fingerprint density at radius 1 is 1.41 bits per heavy atom. The molecular formula is C12H21NO3S. The van der Waals surface area contributed by atoms with E-state index in [1.54, 1.807) is 0 Å². The maximum Gasteiger partial charge on any atom is 0.237 e. The molecule has 17 heavy (non-hydrogen) atoms. The number of nitrogens with one attached hydrogen (secondary N) is 1. The smallest absolute Gasteiger partial charge is 0.237 e. The third-order valence-corrected chi connectivity index (χ3v) is 3.39. The molecule has 0 heterocycles. The van der Waals surface area contributed by atoms with E-state index in [9.17, 15) is 13.2 Å². The molecule has 1 N–H and O–H groups in total. The van der Waals surface area contributed by atoms with E-state index in [-0.39, 0.29) is 17.7 Å². The minimum Gasteiger partial charge on any atom is -0.274 e. The summed E-state index contributed by atoms with van der Waals surface area (Å²) in [6.45, 7) is 2.16. The maximum absolute atomic E-state index is 11.4. The van der Waals surface area contributed by atoms with Gasteiger partial charge in [-0.1, -0.05) is 31.9 Å². The van der Waals surface area contributed by atoms with Gasteiger partial charge in [-0.3, -0.25) is 9.52 Å². The molecule has 4 nitrogen and oxygen atoms in total. The van der Waals surface area contributed by atoms with Gasteiger partial charge in [-0.25, -0.2) is 8.42 Å². The highest BCUT2D eigenvalue weighted by Gasteiger charge is 2.41. The second kappa shape index (κ2) is 6.19.